The second-order valence-electron chi connectivity index (χ2n) is 6.13. The van der Waals surface area contributed by atoms with E-state index in [0.29, 0.717) is 24.9 Å². The largest absolute Gasteiger partial charge is 0.481 e. The zero-order valence-corrected chi connectivity index (χ0v) is 14.3. The number of hydrogen-bond acceptors (Lipinski definition) is 4. The fourth-order valence-corrected chi connectivity index (χ4v) is 3.69. The summed E-state index contributed by atoms with van der Waals surface area (Å²) in [6, 6.07) is 7.78. The van der Waals surface area contributed by atoms with E-state index in [1.54, 1.807) is 24.3 Å². The van der Waals surface area contributed by atoms with Crippen molar-refractivity contribution in [2.45, 2.75) is 18.9 Å². The predicted molar refractivity (Wildman–Crippen MR) is 89.4 cm³/mol. The Hall–Kier alpha value is -2.09. The predicted octanol–water partition coefficient (Wildman–Crippen LogP) is 1.28. The topological polar surface area (TPSA) is 104 Å². The van der Waals surface area contributed by atoms with Crippen molar-refractivity contribution in [2.24, 2.45) is 5.92 Å². The van der Waals surface area contributed by atoms with Crippen LogP contribution in [0.15, 0.2) is 30.3 Å². The van der Waals surface area contributed by atoms with Crippen molar-refractivity contribution in [3.05, 3.63) is 35.9 Å². The molecule has 0 aliphatic carbocycles. The number of hydrogen-bond donors (Lipinski definition) is 2. The van der Waals surface area contributed by atoms with E-state index in [-0.39, 0.29) is 12.3 Å². The number of urea groups is 1. The van der Waals surface area contributed by atoms with E-state index in [2.05, 4.69) is 5.32 Å². The molecule has 1 aliphatic rings. The molecule has 0 saturated carbocycles. The number of amides is 2. The Morgan fingerprint density at radius 3 is 2.58 bits per heavy atom. The molecular formula is C16H22N2O5S. The molecule has 0 bridgehead atoms. The Kier molecular flexibility index (Phi) is 5.82. The van der Waals surface area contributed by atoms with Crippen molar-refractivity contribution in [2.75, 3.05) is 25.1 Å². The summed E-state index contributed by atoms with van der Waals surface area (Å²) in [6.45, 7) is 0.609. The van der Waals surface area contributed by atoms with Gasteiger partial charge in [0.2, 0.25) is 0 Å². The lowest BCUT2D eigenvalue weighted by atomic mass is 9.98. The lowest BCUT2D eigenvalue weighted by Crippen LogP contribution is -2.48. The minimum Gasteiger partial charge on any atom is -0.481 e. The molecule has 2 N–H and O–H groups in total. The molecule has 0 radical (unpaired) electrons. The highest BCUT2D eigenvalue weighted by Crippen LogP contribution is 2.19. The van der Waals surface area contributed by atoms with Crippen LogP contribution in [0.1, 0.15) is 24.4 Å². The zero-order chi connectivity index (χ0) is 17.7. The maximum atomic E-state index is 12.5. The number of carboxylic acid groups (broad SMARTS) is 1. The van der Waals surface area contributed by atoms with Crippen molar-refractivity contribution in [1.29, 1.82) is 0 Å². The van der Waals surface area contributed by atoms with E-state index in [1.807, 2.05) is 6.07 Å². The van der Waals surface area contributed by atoms with Crippen LogP contribution in [0, 0.1) is 5.92 Å². The minimum absolute atomic E-state index is 0.140. The van der Waals surface area contributed by atoms with Crippen molar-refractivity contribution >= 4 is 21.8 Å². The van der Waals surface area contributed by atoms with Crippen LogP contribution in [-0.4, -0.2) is 55.5 Å². The van der Waals surface area contributed by atoms with Gasteiger partial charge in [-0.25, -0.2) is 13.2 Å². The number of piperidine rings is 1. The van der Waals surface area contributed by atoms with Gasteiger partial charge in [-0.3, -0.25) is 4.79 Å². The first-order valence-corrected chi connectivity index (χ1v) is 9.83. The van der Waals surface area contributed by atoms with Crippen LogP contribution in [0.3, 0.4) is 0 Å². The Bertz CT molecular complexity index is 690. The van der Waals surface area contributed by atoms with Crippen LogP contribution in [0.4, 0.5) is 4.79 Å². The average molecular weight is 354 g/mol. The maximum Gasteiger partial charge on any atom is 0.317 e. The zero-order valence-electron chi connectivity index (χ0n) is 13.5. The summed E-state index contributed by atoms with van der Waals surface area (Å²) in [5.74, 6) is -1.70. The first kappa shape index (κ1) is 18.3. The molecule has 1 aromatic carbocycles. The fourth-order valence-electron chi connectivity index (χ4n) is 2.81. The van der Waals surface area contributed by atoms with Gasteiger partial charge in [-0.2, -0.15) is 0 Å². The first-order valence-electron chi connectivity index (χ1n) is 7.77. The van der Waals surface area contributed by atoms with Gasteiger partial charge in [-0.05, 0) is 18.4 Å². The molecule has 1 aliphatic heterocycles. The Labute approximate surface area is 141 Å². The number of carbonyl (C=O) groups is 2. The van der Waals surface area contributed by atoms with Crippen LogP contribution in [0.25, 0.3) is 0 Å². The van der Waals surface area contributed by atoms with E-state index in [4.69, 9.17) is 5.11 Å². The van der Waals surface area contributed by atoms with Gasteiger partial charge in [0, 0.05) is 19.3 Å². The summed E-state index contributed by atoms with van der Waals surface area (Å²) >= 11 is 0. The van der Waals surface area contributed by atoms with Gasteiger partial charge in [-0.15, -0.1) is 0 Å². The van der Waals surface area contributed by atoms with Crippen LogP contribution < -0.4 is 5.32 Å². The summed E-state index contributed by atoms with van der Waals surface area (Å²) in [4.78, 5) is 25.0. The quantitative estimate of drug-likeness (QED) is 0.829. The molecule has 2 atom stereocenters. The number of carbonyl (C=O) groups excluding carboxylic acids is 1. The SMILES string of the molecule is CS(=O)(=O)CC(NC(=O)N1CCCC(C(=O)O)C1)c1ccccc1. The van der Waals surface area contributed by atoms with Crippen molar-refractivity contribution < 1.29 is 23.1 Å². The molecule has 0 aromatic heterocycles. The number of nitrogens with zero attached hydrogens (tertiary/aromatic N) is 1. The number of nitrogens with one attached hydrogen (secondary N) is 1. The highest BCUT2D eigenvalue weighted by atomic mass is 32.2. The monoisotopic (exact) mass is 354 g/mol. The third kappa shape index (κ3) is 5.23. The fraction of sp³-hybridized carbons (Fsp3) is 0.500. The van der Waals surface area contributed by atoms with Crippen molar-refractivity contribution in [1.82, 2.24) is 10.2 Å². The van der Waals surface area contributed by atoms with E-state index in [9.17, 15) is 18.0 Å². The Morgan fingerprint density at radius 2 is 2.00 bits per heavy atom. The standard InChI is InChI=1S/C16H22N2O5S/c1-24(22,23)11-14(12-6-3-2-4-7-12)17-16(21)18-9-5-8-13(10-18)15(19)20/h2-4,6-7,13-14H,5,8-11H2,1H3,(H,17,21)(H,19,20). The van der Waals surface area contributed by atoms with Gasteiger partial charge in [0.1, 0.15) is 9.84 Å². The van der Waals surface area contributed by atoms with Crippen LogP contribution >= 0.6 is 0 Å². The third-order valence-corrected chi connectivity index (χ3v) is 4.97. The Balaban J connectivity index is 2.11. The van der Waals surface area contributed by atoms with Crippen LogP contribution in [0.2, 0.25) is 0 Å². The molecule has 1 heterocycles. The molecule has 1 saturated heterocycles. The van der Waals surface area contributed by atoms with Gasteiger partial charge < -0.3 is 15.3 Å². The van der Waals surface area contributed by atoms with Gasteiger partial charge in [0.15, 0.2) is 0 Å². The molecule has 2 rings (SSSR count). The molecule has 1 fully saturated rings. The second-order valence-corrected chi connectivity index (χ2v) is 8.31. The lowest BCUT2D eigenvalue weighted by molar-refractivity contribution is -0.143. The summed E-state index contributed by atoms with van der Waals surface area (Å²) in [7, 11) is -3.30. The Morgan fingerprint density at radius 1 is 1.33 bits per heavy atom. The molecule has 0 spiro atoms. The number of benzene rings is 1. The van der Waals surface area contributed by atoms with Crippen LogP contribution in [-0.2, 0) is 14.6 Å². The smallest absolute Gasteiger partial charge is 0.317 e. The molecule has 132 valence electrons. The molecule has 24 heavy (non-hydrogen) atoms. The van der Waals surface area contributed by atoms with E-state index in [1.165, 1.54) is 4.90 Å². The van der Waals surface area contributed by atoms with Crippen molar-refractivity contribution in [3.8, 4) is 0 Å². The molecule has 7 nitrogen and oxygen atoms in total. The summed E-state index contributed by atoms with van der Waals surface area (Å²) in [5, 5.41) is 11.8. The van der Waals surface area contributed by atoms with Crippen molar-refractivity contribution in [3.63, 3.8) is 0 Å². The highest BCUT2D eigenvalue weighted by Gasteiger charge is 2.29. The first-order chi connectivity index (χ1) is 11.3. The van der Waals surface area contributed by atoms with Gasteiger partial charge in [0.05, 0.1) is 17.7 Å². The summed E-state index contributed by atoms with van der Waals surface area (Å²) in [5.41, 5.74) is 0.697. The minimum atomic E-state index is -3.30. The van der Waals surface area contributed by atoms with Gasteiger partial charge in [0.25, 0.3) is 0 Å². The number of rotatable bonds is 5. The lowest BCUT2D eigenvalue weighted by Gasteiger charge is -2.32. The molecule has 1 aromatic rings. The number of aliphatic carboxylic acids is 1. The van der Waals surface area contributed by atoms with Crippen LogP contribution in [0.5, 0.6) is 0 Å². The molecular weight excluding hydrogens is 332 g/mol. The van der Waals surface area contributed by atoms with E-state index in [0.717, 1.165) is 6.26 Å². The van der Waals surface area contributed by atoms with E-state index >= 15 is 0 Å². The number of likely N-dealkylation sites (tertiary alicyclic amines) is 1. The summed E-state index contributed by atoms with van der Waals surface area (Å²) in [6.07, 6.45) is 2.29. The molecule has 2 amide bonds. The van der Waals surface area contributed by atoms with Gasteiger partial charge >= 0.3 is 12.0 Å². The second kappa shape index (κ2) is 7.65. The normalized spacial score (nSPS) is 19.5. The molecule has 8 heteroatoms. The maximum absolute atomic E-state index is 12.5. The summed E-state index contributed by atoms with van der Waals surface area (Å²) < 4.78 is 23.3. The number of carboxylic acids is 1. The number of sulfone groups is 1. The average Bonchev–Trinajstić information content (AvgIpc) is 2.54. The van der Waals surface area contributed by atoms with Gasteiger partial charge in [-0.1, -0.05) is 30.3 Å². The van der Waals surface area contributed by atoms with E-state index < -0.39 is 33.8 Å². The third-order valence-electron chi connectivity index (χ3n) is 4.03. The highest BCUT2D eigenvalue weighted by molar-refractivity contribution is 7.90. The molecule has 2 unspecified atom stereocenters.